The predicted octanol–water partition coefficient (Wildman–Crippen LogP) is 2.51. The van der Waals surface area contributed by atoms with E-state index < -0.39 is 17.9 Å². The molecule has 0 bridgehead atoms. The van der Waals surface area contributed by atoms with Gasteiger partial charge in [-0.2, -0.15) is 5.26 Å². The average Bonchev–Trinajstić information content (AvgIpc) is 2.58. The maximum atomic E-state index is 12.1. The van der Waals surface area contributed by atoms with Crippen molar-refractivity contribution < 1.29 is 14.7 Å². The van der Waals surface area contributed by atoms with E-state index in [4.69, 9.17) is 11.6 Å². The van der Waals surface area contributed by atoms with Gasteiger partial charge in [0.05, 0.1) is 12.2 Å². The smallest absolute Gasteiger partial charge is 0.329 e. The van der Waals surface area contributed by atoms with Gasteiger partial charge in [0.2, 0.25) is 0 Å². The van der Waals surface area contributed by atoms with Gasteiger partial charge in [-0.15, -0.1) is 0 Å². The van der Waals surface area contributed by atoms with Crippen molar-refractivity contribution in [1.29, 1.82) is 5.26 Å². The summed E-state index contributed by atoms with van der Waals surface area (Å²) in [7, 11) is 0. The lowest BCUT2D eigenvalue weighted by atomic mass is 10.2. The third-order valence-corrected chi connectivity index (χ3v) is 3.52. The van der Waals surface area contributed by atoms with Crippen LogP contribution in [0.4, 0.5) is 5.69 Å². The Balaban J connectivity index is 2.13. The number of aliphatic carboxylic acids is 1. The Morgan fingerprint density at radius 1 is 1.21 bits per heavy atom. The molecule has 0 aromatic heterocycles. The summed E-state index contributed by atoms with van der Waals surface area (Å²) in [4.78, 5) is 24.7. The second-order valence-corrected chi connectivity index (χ2v) is 5.32. The first-order valence-electron chi connectivity index (χ1n) is 7.03. The van der Waals surface area contributed by atoms with E-state index in [0.29, 0.717) is 16.3 Å². The number of para-hydroxylation sites is 1. The molecule has 2 aromatic rings. The van der Waals surface area contributed by atoms with Crippen LogP contribution in [-0.2, 0) is 4.79 Å². The van der Waals surface area contributed by atoms with Crippen LogP contribution in [-0.4, -0.2) is 29.6 Å². The zero-order valence-corrected chi connectivity index (χ0v) is 13.3. The summed E-state index contributed by atoms with van der Waals surface area (Å²) in [6, 6.07) is 13.5. The number of carboxylic acids is 1. The van der Waals surface area contributed by atoms with Gasteiger partial charge in [0.15, 0.2) is 12.2 Å². The lowest BCUT2D eigenvalue weighted by molar-refractivity contribution is -0.138. The molecule has 0 saturated carbocycles. The van der Waals surface area contributed by atoms with Crippen molar-refractivity contribution in [2.75, 3.05) is 11.4 Å². The minimum absolute atomic E-state index is 0.233. The molecule has 2 aromatic carbocycles. The van der Waals surface area contributed by atoms with Gasteiger partial charge in [0, 0.05) is 10.6 Å². The summed E-state index contributed by atoms with van der Waals surface area (Å²) in [6.45, 7) is -0.233. The number of carbonyl (C=O) groups excluding carboxylic acids is 1. The fourth-order valence-electron chi connectivity index (χ4n) is 2.11. The molecule has 122 valence electrons. The van der Waals surface area contributed by atoms with Crippen LogP contribution >= 0.6 is 11.6 Å². The van der Waals surface area contributed by atoms with E-state index in [1.54, 1.807) is 48.5 Å². The number of benzene rings is 2. The topological polar surface area (TPSA) is 93.4 Å². The first kappa shape index (κ1) is 17.3. The van der Waals surface area contributed by atoms with Crippen LogP contribution in [0.15, 0.2) is 54.6 Å². The number of amides is 1. The van der Waals surface area contributed by atoms with Gasteiger partial charge < -0.3 is 10.4 Å². The van der Waals surface area contributed by atoms with Crippen LogP contribution in [0, 0.1) is 11.5 Å². The van der Waals surface area contributed by atoms with Gasteiger partial charge in [0.1, 0.15) is 0 Å². The minimum atomic E-state index is -1.22. The number of nitrogens with one attached hydrogen (secondary N) is 1. The Hall–Kier alpha value is -3.04. The van der Waals surface area contributed by atoms with E-state index >= 15 is 0 Å². The SMILES string of the molecule is N#CN(c1ccccc1)[C@@H](CNC(=O)c1cccc(Cl)c1)C(=O)O. The van der Waals surface area contributed by atoms with Gasteiger partial charge in [-0.3, -0.25) is 9.69 Å². The lowest BCUT2D eigenvalue weighted by Gasteiger charge is -2.23. The molecule has 0 spiro atoms. The zero-order chi connectivity index (χ0) is 17.5. The molecular weight excluding hydrogens is 330 g/mol. The highest BCUT2D eigenvalue weighted by molar-refractivity contribution is 6.30. The highest BCUT2D eigenvalue weighted by Crippen LogP contribution is 2.16. The van der Waals surface area contributed by atoms with Crippen LogP contribution in [0.2, 0.25) is 5.02 Å². The van der Waals surface area contributed by atoms with Crippen molar-refractivity contribution in [3.8, 4) is 6.19 Å². The van der Waals surface area contributed by atoms with E-state index in [1.807, 2.05) is 6.19 Å². The fourth-order valence-corrected chi connectivity index (χ4v) is 2.30. The molecule has 0 aliphatic rings. The van der Waals surface area contributed by atoms with Crippen molar-refractivity contribution >= 4 is 29.2 Å². The summed E-state index contributed by atoms with van der Waals surface area (Å²) >= 11 is 5.83. The maximum Gasteiger partial charge on any atom is 0.329 e. The van der Waals surface area contributed by atoms with E-state index in [2.05, 4.69) is 5.32 Å². The third-order valence-electron chi connectivity index (χ3n) is 3.28. The second kappa shape index (κ2) is 7.99. The van der Waals surface area contributed by atoms with Crippen LogP contribution < -0.4 is 10.2 Å². The van der Waals surface area contributed by atoms with Gasteiger partial charge in [-0.25, -0.2) is 4.79 Å². The Bertz CT molecular complexity index is 774. The quantitative estimate of drug-likeness (QED) is 0.621. The number of hydrogen-bond acceptors (Lipinski definition) is 4. The standard InChI is InChI=1S/C17H14ClN3O3/c18-13-6-4-5-12(9-13)16(22)20-10-15(17(23)24)21(11-19)14-7-2-1-3-8-14/h1-9,15H,10H2,(H,20,22)(H,23,24)/t15-/m0/s1. The molecule has 0 heterocycles. The van der Waals surface area contributed by atoms with Crippen molar-refractivity contribution in [2.24, 2.45) is 0 Å². The van der Waals surface area contributed by atoms with E-state index in [1.165, 1.54) is 6.07 Å². The molecule has 0 aliphatic heterocycles. The van der Waals surface area contributed by atoms with E-state index in [9.17, 15) is 20.0 Å². The predicted molar refractivity (Wildman–Crippen MR) is 89.7 cm³/mol. The Labute approximate surface area is 143 Å². The summed E-state index contributed by atoms with van der Waals surface area (Å²) in [6.07, 6.45) is 1.85. The minimum Gasteiger partial charge on any atom is -0.480 e. The van der Waals surface area contributed by atoms with Crippen molar-refractivity contribution in [2.45, 2.75) is 6.04 Å². The molecule has 0 aliphatic carbocycles. The normalized spacial score (nSPS) is 11.2. The van der Waals surface area contributed by atoms with Crippen LogP contribution in [0.5, 0.6) is 0 Å². The van der Waals surface area contributed by atoms with Crippen molar-refractivity contribution in [3.63, 3.8) is 0 Å². The van der Waals surface area contributed by atoms with E-state index in [0.717, 1.165) is 4.90 Å². The Kier molecular flexibility index (Phi) is 5.77. The van der Waals surface area contributed by atoms with Crippen LogP contribution in [0.1, 0.15) is 10.4 Å². The van der Waals surface area contributed by atoms with Gasteiger partial charge >= 0.3 is 5.97 Å². The zero-order valence-electron chi connectivity index (χ0n) is 12.5. The largest absolute Gasteiger partial charge is 0.480 e. The molecule has 6 nitrogen and oxygen atoms in total. The van der Waals surface area contributed by atoms with Crippen molar-refractivity contribution in [1.82, 2.24) is 5.32 Å². The van der Waals surface area contributed by atoms with Gasteiger partial charge in [-0.05, 0) is 30.3 Å². The van der Waals surface area contributed by atoms with Crippen LogP contribution in [0.25, 0.3) is 0 Å². The summed E-state index contributed by atoms with van der Waals surface area (Å²) in [5.74, 6) is -1.68. The fraction of sp³-hybridized carbons (Fsp3) is 0.118. The number of nitriles is 1. The van der Waals surface area contributed by atoms with Gasteiger partial charge in [0.25, 0.3) is 5.91 Å². The molecule has 0 saturated heterocycles. The maximum absolute atomic E-state index is 12.1. The molecule has 0 unspecified atom stereocenters. The number of carboxylic acid groups (broad SMARTS) is 1. The van der Waals surface area contributed by atoms with Crippen molar-refractivity contribution in [3.05, 3.63) is 65.2 Å². The first-order chi connectivity index (χ1) is 11.5. The Morgan fingerprint density at radius 2 is 1.92 bits per heavy atom. The molecule has 1 amide bonds. The van der Waals surface area contributed by atoms with Gasteiger partial charge in [-0.1, -0.05) is 35.9 Å². The highest BCUT2D eigenvalue weighted by atomic mass is 35.5. The molecule has 2 rings (SSSR count). The number of rotatable bonds is 6. The molecule has 1 atom stereocenters. The molecule has 7 heteroatoms. The van der Waals surface area contributed by atoms with Crippen LogP contribution in [0.3, 0.4) is 0 Å². The molecular formula is C17H14ClN3O3. The number of hydrogen-bond donors (Lipinski definition) is 2. The second-order valence-electron chi connectivity index (χ2n) is 4.88. The monoisotopic (exact) mass is 343 g/mol. The summed E-state index contributed by atoms with van der Waals surface area (Å²) in [5, 5.41) is 21.6. The number of halogens is 1. The Morgan fingerprint density at radius 3 is 2.50 bits per heavy atom. The number of carbonyl (C=O) groups is 2. The molecule has 0 fully saturated rings. The molecule has 2 N–H and O–H groups in total. The lowest BCUT2D eigenvalue weighted by Crippen LogP contribution is -2.47. The molecule has 0 radical (unpaired) electrons. The average molecular weight is 344 g/mol. The number of nitrogens with zero attached hydrogens (tertiary/aromatic N) is 2. The molecule has 24 heavy (non-hydrogen) atoms. The summed E-state index contributed by atoms with van der Waals surface area (Å²) in [5.41, 5.74) is 0.749. The number of anilines is 1. The summed E-state index contributed by atoms with van der Waals surface area (Å²) < 4.78 is 0. The highest BCUT2D eigenvalue weighted by Gasteiger charge is 2.27. The first-order valence-corrected chi connectivity index (χ1v) is 7.41. The van der Waals surface area contributed by atoms with E-state index in [-0.39, 0.29) is 6.54 Å². The third kappa shape index (κ3) is 4.24.